The summed E-state index contributed by atoms with van der Waals surface area (Å²) >= 11 is 8.47. The summed E-state index contributed by atoms with van der Waals surface area (Å²) in [5.41, 5.74) is 0.490. The molecule has 8 heteroatoms. The molecule has 0 spiro atoms. The summed E-state index contributed by atoms with van der Waals surface area (Å²) in [5.74, 6) is 0. The average Bonchev–Trinajstić information content (AvgIpc) is 3.09. The van der Waals surface area contributed by atoms with Gasteiger partial charge in [0.15, 0.2) is 0 Å². The zero-order chi connectivity index (χ0) is 15.5. The van der Waals surface area contributed by atoms with Crippen LogP contribution in [0.5, 0.6) is 0 Å². The summed E-state index contributed by atoms with van der Waals surface area (Å²) in [7, 11) is 0. The van der Waals surface area contributed by atoms with E-state index in [1.54, 1.807) is 0 Å². The first-order valence-electron chi connectivity index (χ1n) is 7.13. The second-order valence-electron chi connectivity index (χ2n) is 6.32. The van der Waals surface area contributed by atoms with Crippen molar-refractivity contribution in [3.8, 4) is 0 Å². The van der Waals surface area contributed by atoms with Crippen LogP contribution in [0.25, 0.3) is 11.0 Å². The molecule has 2 fully saturated rings. The molecular weight excluding hydrogens is 419 g/mol. The third kappa shape index (κ3) is 1.94. The van der Waals surface area contributed by atoms with Crippen molar-refractivity contribution in [2.24, 2.45) is 0 Å². The molecule has 1 amide bonds. The number of carboxylic acid groups (broad SMARTS) is 1. The number of carbonyl (C=O) groups is 1. The van der Waals surface area contributed by atoms with Gasteiger partial charge in [0.1, 0.15) is 17.1 Å². The molecule has 0 atom stereocenters. The van der Waals surface area contributed by atoms with E-state index in [0.717, 1.165) is 46.7 Å². The largest absolute Gasteiger partial charge is 0.465 e. The molecule has 2 aromatic heterocycles. The number of nitrogens with one attached hydrogen (secondary N) is 1. The smallest absolute Gasteiger partial charge is 0.405 e. The van der Waals surface area contributed by atoms with Gasteiger partial charge in [-0.25, -0.2) is 14.8 Å². The fraction of sp³-hybridized carbons (Fsp3) is 0.500. The first kappa shape index (κ1) is 14.5. The van der Waals surface area contributed by atoms with Crippen molar-refractivity contribution < 1.29 is 9.90 Å². The second kappa shape index (κ2) is 4.70. The van der Waals surface area contributed by atoms with Crippen LogP contribution in [0.4, 0.5) is 4.79 Å². The summed E-state index contributed by atoms with van der Waals surface area (Å²) in [4.78, 5) is 19.6. The summed E-state index contributed by atoms with van der Waals surface area (Å²) in [6.07, 6.45) is 7.09. The molecule has 0 saturated heterocycles. The van der Waals surface area contributed by atoms with Gasteiger partial charge in [-0.2, -0.15) is 0 Å². The summed E-state index contributed by atoms with van der Waals surface area (Å²) in [6.45, 7) is 0. The van der Waals surface area contributed by atoms with Crippen molar-refractivity contribution in [3.05, 3.63) is 21.2 Å². The van der Waals surface area contributed by atoms with Crippen LogP contribution in [0.1, 0.15) is 32.1 Å². The fourth-order valence-electron chi connectivity index (χ4n) is 4.24. The highest BCUT2D eigenvalue weighted by atomic mass is 127. The Balaban J connectivity index is 1.81. The summed E-state index contributed by atoms with van der Waals surface area (Å²) in [6, 6.07) is 0. The maximum Gasteiger partial charge on any atom is 0.405 e. The molecule has 0 radical (unpaired) electrons. The van der Waals surface area contributed by atoms with Gasteiger partial charge in [-0.15, -0.1) is 0 Å². The minimum Gasteiger partial charge on any atom is -0.465 e. The Bertz CT molecular complexity index is 782. The van der Waals surface area contributed by atoms with E-state index in [4.69, 9.17) is 16.7 Å². The molecule has 2 aromatic rings. The predicted octanol–water partition coefficient (Wildman–Crippen LogP) is 3.37. The number of hydrogen-bond acceptors (Lipinski definition) is 3. The molecule has 0 aromatic carbocycles. The van der Waals surface area contributed by atoms with E-state index in [1.807, 2.05) is 0 Å². The van der Waals surface area contributed by atoms with Crippen LogP contribution < -0.4 is 5.32 Å². The maximum atomic E-state index is 11.1. The summed E-state index contributed by atoms with van der Waals surface area (Å²) < 4.78 is 3.24. The third-order valence-electron chi connectivity index (χ3n) is 5.18. The minimum atomic E-state index is -0.935. The Hall–Kier alpha value is -1.09. The maximum absolute atomic E-state index is 11.1. The quantitative estimate of drug-likeness (QED) is 0.563. The Morgan fingerprint density at radius 2 is 2.09 bits per heavy atom. The summed E-state index contributed by atoms with van der Waals surface area (Å²) in [5, 5.41) is 13.2. The molecule has 6 nitrogen and oxygen atoms in total. The SMILES string of the molecule is O=C(O)NC12CCC(n3cc(I)c4c(Cl)ncnc43)(CC1)C2. The molecule has 2 bridgehead atoms. The van der Waals surface area contributed by atoms with Crippen LogP contribution in [-0.4, -0.2) is 31.3 Å². The van der Waals surface area contributed by atoms with E-state index in [0.29, 0.717) is 5.15 Å². The van der Waals surface area contributed by atoms with Crippen molar-refractivity contribution in [2.45, 2.75) is 43.2 Å². The number of hydrogen-bond donors (Lipinski definition) is 2. The monoisotopic (exact) mass is 432 g/mol. The minimum absolute atomic E-state index is 0.0677. The second-order valence-corrected chi connectivity index (χ2v) is 7.84. The molecule has 4 rings (SSSR count). The van der Waals surface area contributed by atoms with Gasteiger partial charge in [0, 0.05) is 20.8 Å². The van der Waals surface area contributed by atoms with E-state index < -0.39 is 6.09 Å². The zero-order valence-corrected chi connectivity index (χ0v) is 14.6. The zero-order valence-electron chi connectivity index (χ0n) is 11.6. The number of rotatable bonds is 2. The topological polar surface area (TPSA) is 80.0 Å². The van der Waals surface area contributed by atoms with E-state index >= 15 is 0 Å². The Morgan fingerprint density at radius 1 is 1.36 bits per heavy atom. The third-order valence-corrected chi connectivity index (χ3v) is 6.28. The molecule has 116 valence electrons. The number of amides is 1. The number of halogens is 2. The van der Waals surface area contributed by atoms with E-state index in [9.17, 15) is 4.79 Å². The highest BCUT2D eigenvalue weighted by molar-refractivity contribution is 14.1. The molecule has 2 saturated carbocycles. The van der Waals surface area contributed by atoms with Crippen molar-refractivity contribution in [2.75, 3.05) is 0 Å². The van der Waals surface area contributed by atoms with E-state index in [-0.39, 0.29) is 11.1 Å². The molecule has 0 unspecified atom stereocenters. The van der Waals surface area contributed by atoms with Crippen LogP contribution in [0.3, 0.4) is 0 Å². The molecule has 2 N–H and O–H groups in total. The molecule has 2 heterocycles. The lowest BCUT2D eigenvalue weighted by Gasteiger charge is -2.29. The number of aromatic nitrogens is 3. The molecule has 0 aliphatic heterocycles. The van der Waals surface area contributed by atoms with Crippen molar-refractivity contribution in [3.63, 3.8) is 0 Å². The van der Waals surface area contributed by atoms with Crippen LogP contribution in [0, 0.1) is 3.57 Å². The standard InChI is InChI=1S/C14H14ClIN4O2/c15-10-9-8(16)5-20(11(9)18-7-17-10)14-3-1-13(6-14,2-4-14)19-12(21)22/h5,7,19H,1-4,6H2,(H,21,22). The highest BCUT2D eigenvalue weighted by Crippen LogP contribution is 2.56. The first-order chi connectivity index (χ1) is 10.4. The fourth-order valence-corrected chi connectivity index (χ4v) is 5.41. The highest BCUT2D eigenvalue weighted by Gasteiger charge is 2.56. The molecular formula is C14H14ClIN4O2. The van der Waals surface area contributed by atoms with Gasteiger partial charge in [0.25, 0.3) is 0 Å². The van der Waals surface area contributed by atoms with Crippen molar-refractivity contribution in [1.29, 1.82) is 0 Å². The van der Waals surface area contributed by atoms with E-state index in [1.165, 1.54) is 6.33 Å². The van der Waals surface area contributed by atoms with E-state index in [2.05, 4.69) is 48.6 Å². The van der Waals surface area contributed by atoms with Crippen LogP contribution in [0.15, 0.2) is 12.5 Å². The van der Waals surface area contributed by atoms with Gasteiger partial charge in [0.2, 0.25) is 0 Å². The molecule has 22 heavy (non-hydrogen) atoms. The number of nitrogens with zero attached hydrogens (tertiary/aromatic N) is 3. The molecule has 2 aliphatic carbocycles. The average molecular weight is 433 g/mol. The van der Waals surface area contributed by atoms with Gasteiger partial charge in [-0.1, -0.05) is 11.6 Å². The Labute approximate surface area is 145 Å². The van der Waals surface area contributed by atoms with Crippen LogP contribution in [-0.2, 0) is 5.54 Å². The van der Waals surface area contributed by atoms with Gasteiger partial charge < -0.3 is 15.0 Å². The Kier molecular flexibility index (Phi) is 3.10. The number of fused-ring (bicyclic) bond motifs is 3. The predicted molar refractivity (Wildman–Crippen MR) is 90.2 cm³/mol. The van der Waals surface area contributed by atoms with Crippen LogP contribution >= 0.6 is 34.2 Å². The van der Waals surface area contributed by atoms with Gasteiger partial charge in [0.05, 0.1) is 5.39 Å². The van der Waals surface area contributed by atoms with Gasteiger partial charge in [-0.05, 0) is 54.7 Å². The van der Waals surface area contributed by atoms with Crippen molar-refractivity contribution in [1.82, 2.24) is 19.9 Å². The lowest BCUT2D eigenvalue weighted by atomic mass is 9.91. The lowest BCUT2D eigenvalue weighted by Crippen LogP contribution is -2.44. The normalized spacial score (nSPS) is 30.1. The lowest BCUT2D eigenvalue weighted by molar-refractivity contribution is 0.177. The molecule has 2 aliphatic rings. The van der Waals surface area contributed by atoms with Crippen molar-refractivity contribution >= 4 is 51.3 Å². The van der Waals surface area contributed by atoms with Crippen LogP contribution in [0.2, 0.25) is 5.15 Å². The Morgan fingerprint density at radius 3 is 2.77 bits per heavy atom. The first-order valence-corrected chi connectivity index (χ1v) is 8.59. The van der Waals surface area contributed by atoms with Gasteiger partial charge >= 0.3 is 6.09 Å². The van der Waals surface area contributed by atoms with Gasteiger partial charge in [-0.3, -0.25) is 0 Å².